The summed E-state index contributed by atoms with van der Waals surface area (Å²) >= 11 is 0. The van der Waals surface area contributed by atoms with Crippen molar-refractivity contribution < 1.29 is 14.3 Å². The van der Waals surface area contributed by atoms with Gasteiger partial charge in [-0.05, 0) is 57.2 Å². The molecule has 1 aromatic carbocycles. The average molecular weight is 317 g/mol. The van der Waals surface area contributed by atoms with E-state index in [9.17, 15) is 4.79 Å². The molecule has 0 aromatic heterocycles. The van der Waals surface area contributed by atoms with Crippen molar-refractivity contribution in [2.75, 3.05) is 13.7 Å². The minimum atomic E-state index is -0.187. The fourth-order valence-corrected chi connectivity index (χ4v) is 3.38. The second-order valence-corrected chi connectivity index (χ2v) is 7.34. The van der Waals surface area contributed by atoms with Crippen LogP contribution in [-0.4, -0.2) is 36.2 Å². The molecule has 0 bridgehead atoms. The van der Waals surface area contributed by atoms with Crippen molar-refractivity contribution in [1.82, 2.24) is 4.90 Å². The Morgan fingerprint density at radius 3 is 2.52 bits per heavy atom. The molecular weight excluding hydrogens is 290 g/mol. The number of carbonyl (C=O) groups is 1. The van der Waals surface area contributed by atoms with E-state index in [1.165, 1.54) is 0 Å². The quantitative estimate of drug-likeness (QED) is 0.835. The summed E-state index contributed by atoms with van der Waals surface area (Å²) in [5.41, 5.74) is 0.978. The minimum Gasteiger partial charge on any atom is -0.497 e. The van der Waals surface area contributed by atoms with Crippen LogP contribution >= 0.6 is 0 Å². The van der Waals surface area contributed by atoms with Crippen LogP contribution in [-0.2, 0) is 16.1 Å². The lowest BCUT2D eigenvalue weighted by molar-refractivity contribution is -0.146. The molecule has 2 aliphatic rings. The van der Waals surface area contributed by atoms with Gasteiger partial charge in [-0.3, -0.25) is 4.79 Å². The van der Waals surface area contributed by atoms with E-state index in [-0.39, 0.29) is 11.5 Å². The van der Waals surface area contributed by atoms with Gasteiger partial charge in [-0.25, -0.2) is 0 Å². The summed E-state index contributed by atoms with van der Waals surface area (Å²) in [7, 11) is 1.67. The van der Waals surface area contributed by atoms with Crippen LogP contribution < -0.4 is 4.74 Å². The van der Waals surface area contributed by atoms with Crippen molar-refractivity contribution in [1.29, 1.82) is 0 Å². The molecular formula is C19H27NO3. The molecule has 126 valence electrons. The third-order valence-electron chi connectivity index (χ3n) is 4.83. The lowest BCUT2D eigenvalue weighted by atomic mass is 9.87. The van der Waals surface area contributed by atoms with Gasteiger partial charge in [0.1, 0.15) is 5.75 Å². The first kappa shape index (κ1) is 16.3. The van der Waals surface area contributed by atoms with Crippen molar-refractivity contribution in [2.24, 2.45) is 5.92 Å². The van der Waals surface area contributed by atoms with Crippen LogP contribution in [0, 0.1) is 5.92 Å². The molecule has 1 unspecified atom stereocenters. The highest BCUT2D eigenvalue weighted by Gasteiger charge is 2.39. The van der Waals surface area contributed by atoms with E-state index in [0.717, 1.165) is 37.0 Å². The summed E-state index contributed by atoms with van der Waals surface area (Å²) < 4.78 is 11.0. The zero-order valence-electron chi connectivity index (χ0n) is 14.4. The summed E-state index contributed by atoms with van der Waals surface area (Å²) in [6.07, 6.45) is 3.93. The topological polar surface area (TPSA) is 38.8 Å². The van der Waals surface area contributed by atoms with Crippen LogP contribution in [0.25, 0.3) is 0 Å². The molecule has 0 spiro atoms. The molecule has 1 heterocycles. The Hall–Kier alpha value is -1.55. The lowest BCUT2D eigenvalue weighted by Crippen LogP contribution is -2.44. The molecule has 3 rings (SSSR count). The monoisotopic (exact) mass is 317 g/mol. The number of hydrogen-bond donors (Lipinski definition) is 0. The largest absolute Gasteiger partial charge is 0.497 e. The third kappa shape index (κ3) is 4.05. The van der Waals surface area contributed by atoms with Gasteiger partial charge < -0.3 is 14.4 Å². The fourth-order valence-electron chi connectivity index (χ4n) is 3.38. The molecule has 23 heavy (non-hydrogen) atoms. The summed E-state index contributed by atoms with van der Waals surface area (Å²) in [4.78, 5) is 15.1. The molecule has 4 heteroatoms. The van der Waals surface area contributed by atoms with Crippen LogP contribution in [0.1, 0.15) is 45.1 Å². The minimum absolute atomic E-state index is 0.0950. The summed E-state index contributed by atoms with van der Waals surface area (Å²) in [5, 5.41) is 0. The van der Waals surface area contributed by atoms with E-state index in [1.54, 1.807) is 7.11 Å². The van der Waals surface area contributed by atoms with E-state index in [0.29, 0.717) is 25.1 Å². The Kier molecular flexibility index (Phi) is 4.62. The summed E-state index contributed by atoms with van der Waals surface area (Å²) in [5.74, 6) is 1.25. The molecule has 1 amide bonds. The van der Waals surface area contributed by atoms with Crippen molar-refractivity contribution in [3.05, 3.63) is 29.8 Å². The zero-order valence-corrected chi connectivity index (χ0v) is 14.4. The third-order valence-corrected chi connectivity index (χ3v) is 4.83. The maximum Gasteiger partial charge on any atom is 0.226 e. The number of amides is 1. The number of carbonyl (C=O) groups excluding carboxylic acids is 1. The smallest absolute Gasteiger partial charge is 0.226 e. The van der Waals surface area contributed by atoms with Crippen LogP contribution in [0.5, 0.6) is 5.75 Å². The lowest BCUT2D eigenvalue weighted by Gasteiger charge is -2.37. The number of nitrogens with zero attached hydrogens (tertiary/aromatic N) is 1. The zero-order chi connectivity index (χ0) is 16.4. The molecule has 0 N–H and O–H groups in total. The Labute approximate surface area is 138 Å². The Bertz CT molecular complexity index is 548. The Balaban J connectivity index is 1.69. The van der Waals surface area contributed by atoms with Gasteiger partial charge in [0.05, 0.1) is 12.7 Å². The maximum atomic E-state index is 13.0. The SMILES string of the molecule is COc1ccc(CN(C(=O)C2CCOC(C)(C)C2)C2CC2)cc1. The second kappa shape index (κ2) is 6.52. The van der Waals surface area contributed by atoms with E-state index >= 15 is 0 Å². The van der Waals surface area contributed by atoms with Crippen LogP contribution in [0.4, 0.5) is 0 Å². The molecule has 1 aromatic rings. The van der Waals surface area contributed by atoms with Crippen molar-refractivity contribution >= 4 is 5.91 Å². The highest BCUT2D eigenvalue weighted by Crippen LogP contribution is 2.35. The molecule has 2 fully saturated rings. The van der Waals surface area contributed by atoms with E-state index in [2.05, 4.69) is 30.9 Å². The van der Waals surface area contributed by atoms with Crippen LogP contribution in [0.15, 0.2) is 24.3 Å². The standard InChI is InChI=1S/C19H27NO3/c1-19(2)12-15(10-11-23-19)18(21)20(16-6-7-16)13-14-4-8-17(22-3)9-5-14/h4-5,8-9,15-16H,6-7,10-13H2,1-3H3. The molecule has 1 saturated heterocycles. The first-order valence-electron chi connectivity index (χ1n) is 8.56. The number of benzene rings is 1. The predicted octanol–water partition coefficient (Wildman–Crippen LogP) is 3.39. The first-order valence-corrected chi connectivity index (χ1v) is 8.56. The molecule has 0 radical (unpaired) electrons. The first-order chi connectivity index (χ1) is 11.0. The van der Waals surface area contributed by atoms with Gasteiger partial charge in [-0.15, -0.1) is 0 Å². The van der Waals surface area contributed by atoms with Gasteiger partial charge in [-0.1, -0.05) is 12.1 Å². The predicted molar refractivity (Wildman–Crippen MR) is 89.3 cm³/mol. The van der Waals surface area contributed by atoms with Gasteiger partial charge >= 0.3 is 0 Å². The van der Waals surface area contributed by atoms with E-state index < -0.39 is 0 Å². The van der Waals surface area contributed by atoms with Gasteiger partial charge in [0.25, 0.3) is 0 Å². The Morgan fingerprint density at radius 1 is 1.26 bits per heavy atom. The Morgan fingerprint density at radius 2 is 1.96 bits per heavy atom. The molecule has 1 saturated carbocycles. The van der Waals surface area contributed by atoms with Crippen molar-refractivity contribution in [3.63, 3.8) is 0 Å². The highest BCUT2D eigenvalue weighted by atomic mass is 16.5. The molecule has 1 atom stereocenters. The second-order valence-electron chi connectivity index (χ2n) is 7.34. The number of methoxy groups -OCH3 is 1. The van der Waals surface area contributed by atoms with Gasteiger partial charge in [0.15, 0.2) is 0 Å². The van der Waals surface area contributed by atoms with E-state index in [1.807, 2.05) is 12.1 Å². The van der Waals surface area contributed by atoms with Crippen molar-refractivity contribution in [3.8, 4) is 5.75 Å². The number of hydrogen-bond acceptors (Lipinski definition) is 3. The maximum absolute atomic E-state index is 13.0. The van der Waals surface area contributed by atoms with Crippen LogP contribution in [0.3, 0.4) is 0 Å². The summed E-state index contributed by atoms with van der Waals surface area (Å²) in [6.45, 7) is 5.55. The average Bonchev–Trinajstić information content (AvgIpc) is 3.36. The van der Waals surface area contributed by atoms with E-state index in [4.69, 9.17) is 9.47 Å². The molecule has 1 aliphatic carbocycles. The molecule has 4 nitrogen and oxygen atoms in total. The van der Waals surface area contributed by atoms with Crippen molar-refractivity contribution in [2.45, 2.75) is 57.7 Å². The van der Waals surface area contributed by atoms with Gasteiger partial charge in [0, 0.05) is 25.1 Å². The molecule has 1 aliphatic heterocycles. The summed E-state index contributed by atoms with van der Waals surface area (Å²) in [6, 6.07) is 8.45. The normalized spacial score (nSPS) is 23.3. The number of rotatable bonds is 5. The highest BCUT2D eigenvalue weighted by molar-refractivity contribution is 5.79. The fraction of sp³-hybridized carbons (Fsp3) is 0.632. The van der Waals surface area contributed by atoms with Crippen LogP contribution in [0.2, 0.25) is 0 Å². The van der Waals surface area contributed by atoms with Gasteiger partial charge in [-0.2, -0.15) is 0 Å². The van der Waals surface area contributed by atoms with Gasteiger partial charge in [0.2, 0.25) is 5.91 Å². The number of ether oxygens (including phenoxy) is 2.